The molecule has 0 saturated carbocycles. The molecule has 8 nitrogen and oxygen atoms in total. The molecule has 0 aromatic carbocycles. The van der Waals surface area contributed by atoms with Crippen molar-refractivity contribution >= 4 is 17.8 Å². The molecule has 0 aromatic heterocycles. The standard InChI is InChI=1S/C27H40N2O6/c1-4-6-10-15-28-16-12-14-27-20(23(31)29(19(3)18-30)22(27)24(28)32)21-25(33)34-17-11-8-7-9-13-26(21,5-2)35-27/h9,12-14,19-22,30H,4-8,10-11,15-18H2,1-3H3/b13-9-/t19-,20+,21-,22?,26+,27+/m1/s1. The fourth-order valence-corrected chi connectivity index (χ4v) is 6.34. The van der Waals surface area contributed by atoms with Crippen molar-refractivity contribution in [3.8, 4) is 0 Å². The Hall–Kier alpha value is -2.19. The van der Waals surface area contributed by atoms with Gasteiger partial charge in [0.25, 0.3) is 0 Å². The molecule has 8 heteroatoms. The Kier molecular flexibility index (Phi) is 7.71. The van der Waals surface area contributed by atoms with Gasteiger partial charge in [-0.25, -0.2) is 0 Å². The normalized spacial score (nSPS) is 36.8. The van der Waals surface area contributed by atoms with Crippen LogP contribution in [0.1, 0.15) is 65.7 Å². The molecule has 0 aromatic rings. The van der Waals surface area contributed by atoms with Crippen LogP contribution in [0.3, 0.4) is 0 Å². The van der Waals surface area contributed by atoms with Crippen LogP contribution in [0, 0.1) is 11.8 Å². The average Bonchev–Trinajstić information content (AvgIpc) is 3.22. The predicted octanol–water partition coefficient (Wildman–Crippen LogP) is 2.60. The SMILES string of the molecule is CCCCCN1CC=C[C@]23O[C@@]4(CC)/C=C\CCCCOC(=O)[C@H]4[C@H]2C(=O)N([C@H](C)CO)C3C1=O. The molecule has 4 rings (SSSR count). The first kappa shape index (κ1) is 25.9. The Bertz CT molecular complexity index is 887. The van der Waals surface area contributed by atoms with E-state index in [1.807, 2.05) is 31.2 Å². The van der Waals surface area contributed by atoms with Gasteiger partial charge in [-0.3, -0.25) is 14.4 Å². The summed E-state index contributed by atoms with van der Waals surface area (Å²) in [4.78, 5) is 44.9. The molecule has 0 aliphatic carbocycles. The smallest absolute Gasteiger partial charge is 0.313 e. The Morgan fingerprint density at radius 2 is 1.89 bits per heavy atom. The van der Waals surface area contributed by atoms with E-state index >= 15 is 0 Å². The summed E-state index contributed by atoms with van der Waals surface area (Å²) >= 11 is 0. The third-order valence-corrected chi connectivity index (χ3v) is 8.18. The van der Waals surface area contributed by atoms with Gasteiger partial charge in [0.1, 0.15) is 23.2 Å². The summed E-state index contributed by atoms with van der Waals surface area (Å²) in [5.41, 5.74) is -2.33. The molecule has 1 unspecified atom stereocenters. The summed E-state index contributed by atoms with van der Waals surface area (Å²) in [6.45, 7) is 6.83. The van der Waals surface area contributed by atoms with Crippen LogP contribution < -0.4 is 0 Å². The first-order chi connectivity index (χ1) is 16.9. The minimum atomic E-state index is -1.30. The van der Waals surface area contributed by atoms with Crippen molar-refractivity contribution in [2.75, 3.05) is 26.3 Å². The van der Waals surface area contributed by atoms with Gasteiger partial charge in [-0.05, 0) is 39.0 Å². The largest absolute Gasteiger partial charge is 0.465 e. The highest BCUT2D eigenvalue weighted by Crippen LogP contribution is 2.58. The lowest BCUT2D eigenvalue weighted by Gasteiger charge is -2.40. The maximum atomic E-state index is 14.1. The van der Waals surface area contributed by atoms with Gasteiger partial charge in [-0.1, -0.05) is 51.0 Å². The molecular weight excluding hydrogens is 448 g/mol. The fraction of sp³-hybridized carbons (Fsp3) is 0.741. The van der Waals surface area contributed by atoms with Crippen molar-refractivity contribution < 1.29 is 29.0 Å². The minimum Gasteiger partial charge on any atom is -0.465 e. The number of nitrogens with zero attached hydrogens (tertiary/aromatic N) is 2. The lowest BCUT2D eigenvalue weighted by molar-refractivity contribution is -0.163. The summed E-state index contributed by atoms with van der Waals surface area (Å²) < 4.78 is 12.5. The molecular formula is C27H40N2O6. The minimum absolute atomic E-state index is 0.186. The zero-order valence-corrected chi connectivity index (χ0v) is 21.3. The Balaban J connectivity index is 1.84. The van der Waals surface area contributed by atoms with Gasteiger partial charge in [-0.2, -0.15) is 0 Å². The van der Waals surface area contributed by atoms with Crippen LogP contribution in [0.15, 0.2) is 24.3 Å². The number of unbranched alkanes of at least 4 members (excludes halogenated alkanes) is 2. The van der Waals surface area contributed by atoms with Gasteiger partial charge in [0, 0.05) is 13.1 Å². The maximum Gasteiger partial charge on any atom is 0.313 e. The van der Waals surface area contributed by atoms with Crippen molar-refractivity contribution in [3.05, 3.63) is 24.3 Å². The number of amides is 2. The lowest BCUT2D eigenvalue weighted by Crippen LogP contribution is -2.58. The van der Waals surface area contributed by atoms with E-state index in [0.29, 0.717) is 26.1 Å². The van der Waals surface area contributed by atoms with Gasteiger partial charge >= 0.3 is 5.97 Å². The van der Waals surface area contributed by atoms with Gasteiger partial charge in [0.2, 0.25) is 11.8 Å². The number of cyclic esters (lactones) is 1. The highest BCUT2D eigenvalue weighted by atomic mass is 16.6. The monoisotopic (exact) mass is 488 g/mol. The molecule has 194 valence electrons. The summed E-state index contributed by atoms with van der Waals surface area (Å²) in [5, 5.41) is 10.0. The second-order valence-corrected chi connectivity index (χ2v) is 10.4. The number of allylic oxidation sites excluding steroid dienone is 1. The molecule has 1 N–H and O–H groups in total. The molecule has 0 radical (unpaired) electrons. The molecule has 2 fully saturated rings. The van der Waals surface area contributed by atoms with Crippen LogP contribution in [0.2, 0.25) is 0 Å². The van der Waals surface area contributed by atoms with Gasteiger partial charge in [-0.15, -0.1) is 0 Å². The molecule has 35 heavy (non-hydrogen) atoms. The van der Waals surface area contributed by atoms with E-state index in [2.05, 4.69) is 6.92 Å². The summed E-state index contributed by atoms with van der Waals surface area (Å²) in [7, 11) is 0. The van der Waals surface area contributed by atoms with Crippen molar-refractivity contribution in [2.45, 2.75) is 89.0 Å². The zero-order chi connectivity index (χ0) is 25.2. The van der Waals surface area contributed by atoms with Crippen molar-refractivity contribution in [3.63, 3.8) is 0 Å². The van der Waals surface area contributed by atoms with Crippen LogP contribution in [-0.4, -0.2) is 82.3 Å². The van der Waals surface area contributed by atoms with Gasteiger partial charge < -0.3 is 24.4 Å². The highest BCUT2D eigenvalue weighted by Gasteiger charge is 2.75. The molecule has 4 aliphatic rings. The molecule has 4 aliphatic heterocycles. The van der Waals surface area contributed by atoms with E-state index in [1.165, 1.54) is 4.90 Å². The van der Waals surface area contributed by atoms with Crippen LogP contribution in [0.4, 0.5) is 0 Å². The molecule has 2 amide bonds. The number of aliphatic hydroxyl groups excluding tert-OH is 1. The number of fused-ring (bicyclic) bond motifs is 2. The van der Waals surface area contributed by atoms with Crippen molar-refractivity contribution in [2.24, 2.45) is 11.8 Å². The number of rotatable bonds is 7. The van der Waals surface area contributed by atoms with Crippen LogP contribution in [0.25, 0.3) is 0 Å². The summed E-state index contributed by atoms with van der Waals surface area (Å²) in [5.74, 6) is -2.72. The Labute approximate surface area is 208 Å². The quantitative estimate of drug-likeness (QED) is 0.336. The number of ether oxygens (including phenoxy) is 2. The molecule has 4 heterocycles. The number of hydrogen-bond acceptors (Lipinski definition) is 6. The van der Waals surface area contributed by atoms with Gasteiger partial charge in [0.15, 0.2) is 0 Å². The van der Waals surface area contributed by atoms with Crippen LogP contribution in [0.5, 0.6) is 0 Å². The van der Waals surface area contributed by atoms with E-state index in [1.54, 1.807) is 11.8 Å². The fourth-order valence-electron chi connectivity index (χ4n) is 6.34. The second kappa shape index (κ2) is 10.4. The molecule has 2 saturated heterocycles. The van der Waals surface area contributed by atoms with Gasteiger partial charge in [0.05, 0.1) is 25.2 Å². The maximum absolute atomic E-state index is 14.1. The Morgan fingerprint density at radius 1 is 1.09 bits per heavy atom. The number of carbonyl (C=O) groups is 3. The lowest BCUT2D eigenvalue weighted by atomic mass is 9.73. The summed E-state index contributed by atoms with van der Waals surface area (Å²) in [6.07, 6.45) is 13.6. The van der Waals surface area contributed by atoms with Crippen LogP contribution in [-0.2, 0) is 23.9 Å². The second-order valence-electron chi connectivity index (χ2n) is 10.4. The van der Waals surface area contributed by atoms with E-state index < -0.39 is 41.1 Å². The number of hydrogen-bond donors (Lipinski definition) is 1. The van der Waals surface area contributed by atoms with E-state index in [9.17, 15) is 19.5 Å². The highest BCUT2D eigenvalue weighted by molar-refractivity contribution is 5.99. The average molecular weight is 489 g/mol. The van der Waals surface area contributed by atoms with Crippen molar-refractivity contribution in [1.29, 1.82) is 0 Å². The van der Waals surface area contributed by atoms with E-state index in [4.69, 9.17) is 9.47 Å². The topological polar surface area (TPSA) is 96.4 Å². The third kappa shape index (κ3) is 4.22. The first-order valence-electron chi connectivity index (χ1n) is 13.3. The molecule has 1 spiro atoms. The van der Waals surface area contributed by atoms with Crippen LogP contribution >= 0.6 is 0 Å². The van der Waals surface area contributed by atoms with E-state index in [0.717, 1.165) is 38.5 Å². The number of likely N-dealkylation sites (tertiary alicyclic amines) is 1. The number of carbonyl (C=O) groups excluding carboxylic acids is 3. The molecule has 0 bridgehead atoms. The predicted molar refractivity (Wildman–Crippen MR) is 130 cm³/mol. The number of esters is 1. The zero-order valence-electron chi connectivity index (χ0n) is 21.3. The number of aliphatic hydroxyl groups is 1. The Morgan fingerprint density at radius 3 is 2.60 bits per heavy atom. The summed E-state index contributed by atoms with van der Waals surface area (Å²) in [6, 6.07) is -1.53. The third-order valence-electron chi connectivity index (χ3n) is 8.18. The molecule has 6 atom stereocenters. The van der Waals surface area contributed by atoms with Crippen molar-refractivity contribution in [1.82, 2.24) is 9.80 Å². The van der Waals surface area contributed by atoms with E-state index in [-0.39, 0.29) is 18.4 Å². The first-order valence-corrected chi connectivity index (χ1v) is 13.3.